The molecule has 112 valence electrons. The fourth-order valence-corrected chi connectivity index (χ4v) is 3.95. The molecule has 1 aliphatic carbocycles. The molecule has 0 radical (unpaired) electrons. The third-order valence-electron chi connectivity index (χ3n) is 3.85. The van der Waals surface area contributed by atoms with E-state index >= 15 is 0 Å². The summed E-state index contributed by atoms with van der Waals surface area (Å²) in [7, 11) is 0. The van der Waals surface area contributed by atoms with E-state index in [1.165, 1.54) is 12.1 Å². The van der Waals surface area contributed by atoms with Gasteiger partial charge < -0.3 is 5.32 Å². The van der Waals surface area contributed by atoms with Crippen molar-refractivity contribution < 1.29 is 9.18 Å². The van der Waals surface area contributed by atoms with Gasteiger partial charge in [0, 0.05) is 16.6 Å². The van der Waals surface area contributed by atoms with Crippen molar-refractivity contribution in [2.24, 2.45) is 11.8 Å². The van der Waals surface area contributed by atoms with Gasteiger partial charge in [-0.15, -0.1) is 11.8 Å². The Morgan fingerprint density at radius 3 is 3.00 bits per heavy atom. The normalized spacial score (nSPS) is 21.5. The molecule has 1 amide bonds. The molecule has 0 bridgehead atoms. The van der Waals surface area contributed by atoms with Gasteiger partial charge in [-0.3, -0.25) is 4.79 Å². The highest BCUT2D eigenvalue weighted by Gasteiger charge is 2.30. The predicted molar refractivity (Wildman–Crippen MR) is 81.2 cm³/mol. The van der Waals surface area contributed by atoms with Crippen molar-refractivity contribution >= 4 is 17.7 Å². The molecule has 3 nitrogen and oxygen atoms in total. The first-order valence-corrected chi connectivity index (χ1v) is 8.22. The number of nitriles is 1. The number of thioether (sulfide) groups is 1. The van der Waals surface area contributed by atoms with Crippen LogP contribution in [0, 0.1) is 29.0 Å². The van der Waals surface area contributed by atoms with Crippen LogP contribution in [0.3, 0.4) is 0 Å². The molecule has 1 fully saturated rings. The van der Waals surface area contributed by atoms with Crippen LogP contribution in [-0.4, -0.2) is 18.2 Å². The van der Waals surface area contributed by atoms with E-state index in [9.17, 15) is 9.18 Å². The zero-order chi connectivity index (χ0) is 15.1. The second kappa shape index (κ2) is 8.04. The minimum absolute atomic E-state index is 0.0129. The minimum atomic E-state index is -0.230. The first-order valence-electron chi connectivity index (χ1n) is 7.23. The van der Waals surface area contributed by atoms with Crippen molar-refractivity contribution in [2.45, 2.75) is 30.6 Å². The number of halogens is 1. The zero-order valence-corrected chi connectivity index (χ0v) is 12.7. The van der Waals surface area contributed by atoms with E-state index in [1.807, 2.05) is 12.1 Å². The molecule has 0 unspecified atom stereocenters. The minimum Gasteiger partial charge on any atom is -0.343 e. The van der Waals surface area contributed by atoms with Crippen molar-refractivity contribution in [2.75, 3.05) is 12.3 Å². The average molecular weight is 306 g/mol. The number of nitrogens with zero attached hydrogens (tertiary/aromatic N) is 1. The Bertz CT molecular complexity index is 529. The maximum absolute atomic E-state index is 13.2. The van der Waals surface area contributed by atoms with Gasteiger partial charge in [0.2, 0.25) is 5.91 Å². The summed E-state index contributed by atoms with van der Waals surface area (Å²) < 4.78 is 13.2. The summed E-state index contributed by atoms with van der Waals surface area (Å²) in [6.45, 7) is 0.0685. The summed E-state index contributed by atoms with van der Waals surface area (Å²) in [5.41, 5.74) is 0. The molecule has 0 spiro atoms. The molecule has 1 aliphatic rings. The van der Waals surface area contributed by atoms with Crippen molar-refractivity contribution in [1.29, 1.82) is 5.26 Å². The van der Waals surface area contributed by atoms with Gasteiger partial charge in [-0.05, 0) is 37.0 Å². The smallest absolute Gasteiger partial charge is 0.224 e. The highest BCUT2D eigenvalue weighted by molar-refractivity contribution is 7.99. The molecule has 1 aromatic carbocycles. The fraction of sp³-hybridized carbons (Fsp3) is 0.500. The number of amides is 1. The van der Waals surface area contributed by atoms with Crippen LogP contribution < -0.4 is 5.32 Å². The van der Waals surface area contributed by atoms with Crippen LogP contribution >= 0.6 is 11.8 Å². The molecule has 0 aromatic heterocycles. The maximum Gasteiger partial charge on any atom is 0.224 e. The Labute approximate surface area is 128 Å². The number of benzene rings is 1. The lowest BCUT2D eigenvalue weighted by molar-refractivity contribution is -0.127. The van der Waals surface area contributed by atoms with Gasteiger partial charge in [-0.1, -0.05) is 18.9 Å². The van der Waals surface area contributed by atoms with E-state index in [-0.39, 0.29) is 24.2 Å². The Morgan fingerprint density at radius 1 is 1.43 bits per heavy atom. The summed E-state index contributed by atoms with van der Waals surface area (Å²) >= 11 is 1.60. The van der Waals surface area contributed by atoms with Crippen LogP contribution in [0.2, 0.25) is 0 Å². The number of carbonyl (C=O) groups is 1. The van der Waals surface area contributed by atoms with Gasteiger partial charge in [-0.2, -0.15) is 5.26 Å². The molecule has 21 heavy (non-hydrogen) atoms. The van der Waals surface area contributed by atoms with Gasteiger partial charge in [-0.25, -0.2) is 4.39 Å². The van der Waals surface area contributed by atoms with Crippen LogP contribution in [0.4, 0.5) is 4.39 Å². The first kappa shape index (κ1) is 15.8. The third-order valence-corrected chi connectivity index (χ3v) is 5.03. The average Bonchev–Trinajstić information content (AvgIpc) is 2.51. The SMILES string of the molecule is N#CCNC(=O)[C@H]1CCCC[C@@H]1CSc1cccc(F)c1. The highest BCUT2D eigenvalue weighted by atomic mass is 32.2. The Hall–Kier alpha value is -1.54. The molecule has 2 atom stereocenters. The van der Waals surface area contributed by atoms with Crippen LogP contribution in [0.1, 0.15) is 25.7 Å². The van der Waals surface area contributed by atoms with Crippen molar-refractivity contribution in [3.8, 4) is 6.07 Å². The number of carbonyl (C=O) groups excluding carboxylic acids is 1. The Balaban J connectivity index is 1.92. The molecule has 1 saturated carbocycles. The molecular weight excluding hydrogens is 287 g/mol. The van der Waals surface area contributed by atoms with Crippen LogP contribution in [0.25, 0.3) is 0 Å². The van der Waals surface area contributed by atoms with E-state index in [0.29, 0.717) is 5.92 Å². The molecule has 0 heterocycles. The van der Waals surface area contributed by atoms with Gasteiger partial charge in [0.25, 0.3) is 0 Å². The molecule has 0 saturated heterocycles. The monoisotopic (exact) mass is 306 g/mol. The summed E-state index contributed by atoms with van der Waals surface area (Å²) in [4.78, 5) is 13.0. The van der Waals surface area contributed by atoms with Crippen LogP contribution in [-0.2, 0) is 4.79 Å². The number of rotatable bonds is 5. The van der Waals surface area contributed by atoms with Crippen LogP contribution in [0.15, 0.2) is 29.2 Å². The highest BCUT2D eigenvalue weighted by Crippen LogP contribution is 2.34. The molecule has 1 N–H and O–H groups in total. The zero-order valence-electron chi connectivity index (χ0n) is 11.8. The third kappa shape index (κ3) is 4.75. The van der Waals surface area contributed by atoms with E-state index in [0.717, 1.165) is 36.3 Å². The number of hydrogen-bond donors (Lipinski definition) is 1. The van der Waals surface area contributed by atoms with E-state index in [1.54, 1.807) is 17.8 Å². The molecule has 2 rings (SSSR count). The van der Waals surface area contributed by atoms with Gasteiger partial charge in [0.15, 0.2) is 0 Å². The largest absolute Gasteiger partial charge is 0.343 e. The van der Waals surface area contributed by atoms with E-state index in [4.69, 9.17) is 5.26 Å². The fourth-order valence-electron chi connectivity index (χ4n) is 2.77. The lowest BCUT2D eigenvalue weighted by atomic mass is 9.80. The second-order valence-electron chi connectivity index (χ2n) is 5.30. The molecule has 0 aliphatic heterocycles. The topological polar surface area (TPSA) is 52.9 Å². The quantitative estimate of drug-likeness (QED) is 0.670. The standard InChI is InChI=1S/C16H19FN2OS/c17-13-5-3-6-14(10-13)21-11-12-4-1-2-7-15(12)16(20)19-9-8-18/h3,5-6,10,12,15H,1-2,4,7,9,11H2,(H,19,20)/t12-,15+/m1/s1. The summed E-state index contributed by atoms with van der Waals surface area (Å²) in [6, 6.07) is 8.49. The molecule has 1 aromatic rings. The van der Waals surface area contributed by atoms with Gasteiger partial charge in [0.1, 0.15) is 12.4 Å². The van der Waals surface area contributed by atoms with E-state index in [2.05, 4.69) is 5.32 Å². The molecular formula is C16H19FN2OS. The number of nitrogens with one attached hydrogen (secondary N) is 1. The van der Waals surface area contributed by atoms with Crippen molar-refractivity contribution in [3.05, 3.63) is 30.1 Å². The predicted octanol–water partition coefficient (Wildman–Crippen LogP) is 3.36. The summed E-state index contributed by atoms with van der Waals surface area (Å²) in [6.07, 6.45) is 4.10. The Kier molecular flexibility index (Phi) is 6.06. The first-order chi connectivity index (χ1) is 10.2. The second-order valence-corrected chi connectivity index (χ2v) is 6.39. The summed E-state index contributed by atoms with van der Waals surface area (Å²) in [5, 5.41) is 11.2. The molecule has 5 heteroatoms. The lowest BCUT2D eigenvalue weighted by Gasteiger charge is -2.30. The van der Waals surface area contributed by atoms with Gasteiger partial charge in [0.05, 0.1) is 6.07 Å². The lowest BCUT2D eigenvalue weighted by Crippen LogP contribution is -2.37. The van der Waals surface area contributed by atoms with Crippen molar-refractivity contribution in [3.63, 3.8) is 0 Å². The maximum atomic E-state index is 13.2. The Morgan fingerprint density at radius 2 is 2.24 bits per heavy atom. The number of hydrogen-bond acceptors (Lipinski definition) is 3. The van der Waals surface area contributed by atoms with Gasteiger partial charge >= 0.3 is 0 Å². The van der Waals surface area contributed by atoms with Crippen LogP contribution in [0.5, 0.6) is 0 Å². The van der Waals surface area contributed by atoms with E-state index < -0.39 is 0 Å². The summed E-state index contributed by atoms with van der Waals surface area (Å²) in [5.74, 6) is 0.848. The van der Waals surface area contributed by atoms with Crippen molar-refractivity contribution in [1.82, 2.24) is 5.32 Å².